The van der Waals surface area contributed by atoms with Gasteiger partial charge >= 0.3 is 5.97 Å². The summed E-state index contributed by atoms with van der Waals surface area (Å²) in [7, 11) is -3.36. The predicted octanol–water partition coefficient (Wildman–Crippen LogP) is 3.19. The van der Waals surface area contributed by atoms with Crippen LogP contribution >= 0.6 is 0 Å². The number of aliphatic hydroxyl groups is 1. The van der Waals surface area contributed by atoms with Crippen molar-refractivity contribution in [3.63, 3.8) is 0 Å². The van der Waals surface area contributed by atoms with E-state index >= 15 is 0 Å². The fraction of sp³-hybridized carbons (Fsp3) is 0.650. The van der Waals surface area contributed by atoms with E-state index < -0.39 is 16.0 Å². The van der Waals surface area contributed by atoms with E-state index in [1.54, 1.807) is 0 Å². The molecule has 1 aromatic rings. The summed E-state index contributed by atoms with van der Waals surface area (Å²) >= 11 is 0. The number of hydrogen-bond donors (Lipinski definition) is 2. The lowest BCUT2D eigenvalue weighted by atomic mass is 10.1. The average Bonchev–Trinajstić information content (AvgIpc) is 2.59. The van der Waals surface area contributed by atoms with Crippen LogP contribution in [0.1, 0.15) is 63.0 Å². The molecule has 0 bridgehead atoms. The molecule has 0 aliphatic heterocycles. The normalized spacial score (nSPS) is 13.0. The number of aliphatic hydroxyl groups excluding tert-OH is 1. The Kier molecular flexibility index (Phi) is 10.6. The molecule has 0 saturated heterocycles. The smallest absolute Gasteiger partial charge is 0.303 e. The molecule has 27 heavy (non-hydrogen) atoms. The first-order chi connectivity index (χ1) is 12.7. The van der Waals surface area contributed by atoms with Crippen LogP contribution in [-0.2, 0) is 27.8 Å². The number of rotatable bonds is 14. The van der Waals surface area contributed by atoms with Crippen LogP contribution in [0.3, 0.4) is 0 Å². The lowest BCUT2D eigenvalue weighted by Crippen LogP contribution is -2.31. The third kappa shape index (κ3) is 10.5. The number of sulfonamides is 1. The van der Waals surface area contributed by atoms with E-state index in [2.05, 4.69) is 6.92 Å². The van der Waals surface area contributed by atoms with Gasteiger partial charge in [-0.15, -0.1) is 0 Å². The summed E-state index contributed by atoms with van der Waals surface area (Å²) in [6.07, 6.45) is 6.46. The second-order valence-electron chi connectivity index (χ2n) is 7.10. The van der Waals surface area contributed by atoms with Gasteiger partial charge in [-0.05, 0) is 36.8 Å². The van der Waals surface area contributed by atoms with Crippen molar-refractivity contribution in [2.24, 2.45) is 0 Å². The van der Waals surface area contributed by atoms with E-state index in [1.807, 2.05) is 24.3 Å². The first-order valence-electron chi connectivity index (χ1n) is 9.65. The van der Waals surface area contributed by atoms with E-state index in [4.69, 9.17) is 5.11 Å². The molecule has 0 radical (unpaired) electrons. The Labute approximate surface area is 163 Å². The number of carbonyl (C=O) groups is 1. The zero-order valence-electron chi connectivity index (χ0n) is 16.4. The molecule has 0 fully saturated rings. The van der Waals surface area contributed by atoms with E-state index in [0.717, 1.165) is 36.8 Å². The van der Waals surface area contributed by atoms with Crippen LogP contribution in [0.15, 0.2) is 24.3 Å². The van der Waals surface area contributed by atoms with Crippen molar-refractivity contribution in [1.29, 1.82) is 0 Å². The summed E-state index contributed by atoms with van der Waals surface area (Å²) in [4.78, 5) is 10.7. The molecule has 6 nitrogen and oxygen atoms in total. The second-order valence-corrected chi connectivity index (χ2v) is 9.08. The Balaban J connectivity index is 2.60. The monoisotopic (exact) mass is 399 g/mol. The predicted molar refractivity (Wildman–Crippen MR) is 107 cm³/mol. The Morgan fingerprint density at radius 3 is 2.44 bits per heavy atom. The zero-order chi connectivity index (χ0) is 20.3. The minimum absolute atomic E-state index is 0.0508. The SMILES string of the molecule is CCCCCC(O)CCCN(Cc1cccc(CCC(=O)O)c1)S(C)(=O)=O. The Bertz CT molecular complexity index is 675. The fourth-order valence-corrected chi connectivity index (χ4v) is 3.82. The molecule has 7 heteroatoms. The minimum Gasteiger partial charge on any atom is -0.481 e. The third-order valence-corrected chi connectivity index (χ3v) is 5.78. The van der Waals surface area contributed by atoms with Crippen LogP contribution in [0.25, 0.3) is 0 Å². The van der Waals surface area contributed by atoms with Gasteiger partial charge in [-0.25, -0.2) is 8.42 Å². The lowest BCUT2D eigenvalue weighted by Gasteiger charge is -2.21. The van der Waals surface area contributed by atoms with Gasteiger partial charge in [-0.1, -0.05) is 50.5 Å². The summed E-state index contributed by atoms with van der Waals surface area (Å²) in [5, 5.41) is 18.8. The summed E-state index contributed by atoms with van der Waals surface area (Å²) < 4.78 is 25.6. The van der Waals surface area contributed by atoms with E-state index in [-0.39, 0.29) is 19.1 Å². The first-order valence-corrected chi connectivity index (χ1v) is 11.5. The van der Waals surface area contributed by atoms with Crippen LogP contribution in [-0.4, -0.2) is 47.8 Å². The van der Waals surface area contributed by atoms with Gasteiger partial charge in [-0.3, -0.25) is 4.79 Å². The van der Waals surface area contributed by atoms with Crippen molar-refractivity contribution in [3.8, 4) is 0 Å². The maximum atomic E-state index is 12.1. The number of carboxylic acid groups (broad SMARTS) is 1. The van der Waals surface area contributed by atoms with Crippen LogP contribution < -0.4 is 0 Å². The van der Waals surface area contributed by atoms with Crippen molar-refractivity contribution < 1.29 is 23.4 Å². The maximum absolute atomic E-state index is 12.1. The van der Waals surface area contributed by atoms with Crippen LogP contribution in [0.4, 0.5) is 0 Å². The second kappa shape index (κ2) is 12.1. The molecule has 1 atom stereocenters. The van der Waals surface area contributed by atoms with E-state index in [0.29, 0.717) is 25.8 Å². The summed E-state index contributed by atoms with van der Waals surface area (Å²) in [6, 6.07) is 7.39. The van der Waals surface area contributed by atoms with Crippen molar-refractivity contribution in [3.05, 3.63) is 35.4 Å². The van der Waals surface area contributed by atoms with Crippen molar-refractivity contribution in [1.82, 2.24) is 4.31 Å². The van der Waals surface area contributed by atoms with Gasteiger partial charge in [0, 0.05) is 19.5 Å². The van der Waals surface area contributed by atoms with Gasteiger partial charge in [-0.2, -0.15) is 4.31 Å². The quantitative estimate of drug-likeness (QED) is 0.469. The molecule has 1 aromatic carbocycles. The minimum atomic E-state index is -3.36. The molecule has 154 valence electrons. The van der Waals surface area contributed by atoms with Gasteiger partial charge in [0.25, 0.3) is 0 Å². The van der Waals surface area contributed by atoms with E-state index in [1.165, 1.54) is 10.6 Å². The molecule has 0 aliphatic rings. The first kappa shape index (κ1) is 23.6. The number of hydrogen-bond acceptors (Lipinski definition) is 4. The molecule has 1 rings (SSSR count). The van der Waals surface area contributed by atoms with Gasteiger partial charge in [0.15, 0.2) is 0 Å². The molecule has 0 spiro atoms. The number of benzene rings is 1. The highest BCUT2D eigenvalue weighted by Gasteiger charge is 2.17. The Hall–Kier alpha value is -1.44. The molecule has 1 unspecified atom stereocenters. The summed E-state index contributed by atoms with van der Waals surface area (Å²) in [5.74, 6) is -0.851. The third-order valence-electron chi connectivity index (χ3n) is 4.53. The number of carboxylic acids is 1. The Morgan fingerprint density at radius 1 is 1.15 bits per heavy atom. The zero-order valence-corrected chi connectivity index (χ0v) is 17.2. The standard InChI is InChI=1S/C20H33NO5S/c1-3-4-5-10-19(22)11-7-14-21(27(2,25)26)16-18-9-6-8-17(15-18)12-13-20(23)24/h6,8-9,15,19,22H,3-5,7,10-14,16H2,1-2H3,(H,23,24). The maximum Gasteiger partial charge on any atom is 0.303 e. The molecule has 0 heterocycles. The Morgan fingerprint density at radius 2 is 1.81 bits per heavy atom. The lowest BCUT2D eigenvalue weighted by molar-refractivity contribution is -0.136. The van der Waals surface area contributed by atoms with Crippen molar-refractivity contribution in [2.45, 2.75) is 70.9 Å². The molecular formula is C20H33NO5S. The van der Waals surface area contributed by atoms with Gasteiger partial charge in [0.1, 0.15) is 0 Å². The van der Waals surface area contributed by atoms with Crippen molar-refractivity contribution in [2.75, 3.05) is 12.8 Å². The van der Waals surface area contributed by atoms with Crippen molar-refractivity contribution >= 4 is 16.0 Å². The molecule has 0 aliphatic carbocycles. The molecule has 0 aromatic heterocycles. The van der Waals surface area contributed by atoms with E-state index in [9.17, 15) is 18.3 Å². The molecule has 0 amide bonds. The number of nitrogens with zero attached hydrogens (tertiary/aromatic N) is 1. The fourth-order valence-electron chi connectivity index (χ4n) is 2.98. The van der Waals surface area contributed by atoms with Gasteiger partial charge < -0.3 is 10.2 Å². The summed E-state index contributed by atoms with van der Waals surface area (Å²) in [6.45, 7) is 2.74. The summed E-state index contributed by atoms with van der Waals surface area (Å²) in [5.41, 5.74) is 1.72. The molecule has 2 N–H and O–H groups in total. The molecular weight excluding hydrogens is 366 g/mol. The topological polar surface area (TPSA) is 94.9 Å². The average molecular weight is 400 g/mol. The van der Waals surface area contributed by atoms with Crippen LogP contribution in [0.2, 0.25) is 0 Å². The van der Waals surface area contributed by atoms with Crippen LogP contribution in [0.5, 0.6) is 0 Å². The van der Waals surface area contributed by atoms with Crippen LogP contribution in [0, 0.1) is 0 Å². The number of unbranched alkanes of at least 4 members (excludes halogenated alkanes) is 2. The number of aliphatic carboxylic acids is 1. The highest BCUT2D eigenvalue weighted by Crippen LogP contribution is 2.15. The highest BCUT2D eigenvalue weighted by atomic mass is 32.2. The van der Waals surface area contributed by atoms with Gasteiger partial charge in [0.2, 0.25) is 10.0 Å². The number of aryl methyl sites for hydroxylation is 1. The largest absolute Gasteiger partial charge is 0.481 e. The molecule has 0 saturated carbocycles. The van der Waals surface area contributed by atoms with Gasteiger partial charge in [0.05, 0.1) is 12.4 Å². The highest BCUT2D eigenvalue weighted by molar-refractivity contribution is 7.88.